The minimum Gasteiger partial charge on any atom is -0.502 e. The summed E-state index contributed by atoms with van der Waals surface area (Å²) in [6.07, 6.45) is 4.91. The van der Waals surface area contributed by atoms with Crippen LogP contribution in [0.4, 0.5) is 0 Å². The molecular formula is C19H32IN3O3. The van der Waals surface area contributed by atoms with E-state index < -0.39 is 0 Å². The fourth-order valence-corrected chi connectivity index (χ4v) is 3.13. The number of rotatable bonds is 6. The van der Waals surface area contributed by atoms with E-state index in [0.717, 1.165) is 24.0 Å². The maximum atomic E-state index is 10.0. The van der Waals surface area contributed by atoms with Gasteiger partial charge in [-0.05, 0) is 56.2 Å². The molecule has 0 saturated heterocycles. The summed E-state index contributed by atoms with van der Waals surface area (Å²) in [6, 6.07) is 4.05. The van der Waals surface area contributed by atoms with E-state index in [1.807, 2.05) is 0 Å². The average Bonchev–Trinajstić information content (AvgIpc) is 2.62. The van der Waals surface area contributed by atoms with Gasteiger partial charge in [0.05, 0.1) is 20.8 Å². The number of benzene rings is 1. The third kappa shape index (κ3) is 6.41. The molecular weight excluding hydrogens is 445 g/mol. The Morgan fingerprint density at radius 1 is 1.15 bits per heavy atom. The van der Waals surface area contributed by atoms with Crippen LogP contribution in [0, 0.1) is 5.92 Å². The van der Waals surface area contributed by atoms with Crippen molar-refractivity contribution in [1.82, 2.24) is 10.6 Å². The van der Waals surface area contributed by atoms with E-state index in [2.05, 4.69) is 29.5 Å². The number of aliphatic imine (C=N–C) groups is 1. The molecule has 1 aliphatic carbocycles. The van der Waals surface area contributed by atoms with Crippen LogP contribution >= 0.6 is 24.0 Å². The van der Waals surface area contributed by atoms with Crippen molar-refractivity contribution in [1.29, 1.82) is 0 Å². The standard InChI is InChI=1S/C19H31N3O3.HI/c1-5-20-19(22-15-8-6-13(2)7-9-15)21-12-14-10-16(24-3)18(23)17(11-14)25-4;/h10-11,13,15,23H,5-9,12H2,1-4H3,(H2,20,21,22);1H. The molecule has 0 unspecified atom stereocenters. The molecule has 0 aromatic heterocycles. The number of halogens is 1. The van der Waals surface area contributed by atoms with E-state index in [0.29, 0.717) is 24.1 Å². The number of hydrogen-bond donors (Lipinski definition) is 3. The molecule has 148 valence electrons. The summed E-state index contributed by atoms with van der Waals surface area (Å²) >= 11 is 0. The highest BCUT2D eigenvalue weighted by Crippen LogP contribution is 2.37. The Bertz CT molecular complexity index is 562. The summed E-state index contributed by atoms with van der Waals surface area (Å²) < 4.78 is 10.4. The van der Waals surface area contributed by atoms with Crippen molar-refractivity contribution in [3.8, 4) is 17.2 Å². The number of methoxy groups -OCH3 is 2. The first-order valence-corrected chi connectivity index (χ1v) is 9.06. The zero-order chi connectivity index (χ0) is 18.2. The smallest absolute Gasteiger partial charge is 0.200 e. The molecule has 6 nitrogen and oxygen atoms in total. The molecule has 1 aromatic carbocycles. The number of phenolic OH excluding ortho intramolecular Hbond substituents is 1. The molecule has 26 heavy (non-hydrogen) atoms. The lowest BCUT2D eigenvalue weighted by atomic mass is 9.87. The van der Waals surface area contributed by atoms with Crippen molar-refractivity contribution in [3.05, 3.63) is 17.7 Å². The van der Waals surface area contributed by atoms with Crippen molar-refractivity contribution < 1.29 is 14.6 Å². The van der Waals surface area contributed by atoms with E-state index in [-0.39, 0.29) is 29.7 Å². The Morgan fingerprint density at radius 3 is 2.23 bits per heavy atom. The molecule has 0 radical (unpaired) electrons. The molecule has 0 amide bonds. The lowest BCUT2D eigenvalue weighted by Crippen LogP contribution is -2.44. The predicted molar refractivity (Wildman–Crippen MR) is 116 cm³/mol. The molecule has 0 aliphatic heterocycles. The van der Waals surface area contributed by atoms with Gasteiger partial charge in [0, 0.05) is 12.6 Å². The van der Waals surface area contributed by atoms with Crippen LogP contribution in [0.25, 0.3) is 0 Å². The largest absolute Gasteiger partial charge is 0.502 e. The summed E-state index contributed by atoms with van der Waals surface area (Å²) in [4.78, 5) is 4.68. The summed E-state index contributed by atoms with van der Waals surface area (Å²) in [6.45, 7) is 5.68. The monoisotopic (exact) mass is 477 g/mol. The molecule has 1 aromatic rings. The van der Waals surface area contributed by atoms with Gasteiger partial charge in [-0.2, -0.15) is 0 Å². The molecule has 1 aliphatic rings. The van der Waals surface area contributed by atoms with Gasteiger partial charge in [0.15, 0.2) is 17.5 Å². The topological polar surface area (TPSA) is 75.1 Å². The van der Waals surface area contributed by atoms with Gasteiger partial charge in [-0.3, -0.25) is 0 Å². The van der Waals surface area contributed by atoms with E-state index in [1.165, 1.54) is 39.9 Å². The third-order valence-electron chi connectivity index (χ3n) is 4.66. The van der Waals surface area contributed by atoms with E-state index in [1.54, 1.807) is 12.1 Å². The molecule has 1 saturated carbocycles. The molecule has 0 bridgehead atoms. The SMILES string of the molecule is CCNC(=NCc1cc(OC)c(O)c(OC)c1)NC1CCC(C)CC1.I. The maximum absolute atomic E-state index is 10.0. The van der Waals surface area contributed by atoms with Crippen LogP contribution in [0.2, 0.25) is 0 Å². The molecule has 7 heteroatoms. The van der Waals surface area contributed by atoms with Crippen molar-refractivity contribution in [3.63, 3.8) is 0 Å². The van der Waals surface area contributed by atoms with E-state index in [9.17, 15) is 5.11 Å². The average molecular weight is 477 g/mol. The van der Waals surface area contributed by atoms with Crippen LogP contribution in [0.3, 0.4) is 0 Å². The second-order valence-corrected chi connectivity index (χ2v) is 6.65. The molecule has 0 atom stereocenters. The lowest BCUT2D eigenvalue weighted by molar-refractivity contribution is 0.329. The first-order valence-electron chi connectivity index (χ1n) is 9.06. The number of guanidine groups is 1. The van der Waals surface area contributed by atoms with Gasteiger partial charge in [-0.15, -0.1) is 24.0 Å². The third-order valence-corrected chi connectivity index (χ3v) is 4.66. The second-order valence-electron chi connectivity index (χ2n) is 6.65. The summed E-state index contributed by atoms with van der Waals surface area (Å²) in [5, 5.41) is 16.9. The zero-order valence-corrected chi connectivity index (χ0v) is 18.5. The number of aromatic hydroxyl groups is 1. The first-order chi connectivity index (χ1) is 12.1. The number of nitrogens with zero attached hydrogens (tertiary/aromatic N) is 1. The van der Waals surface area contributed by atoms with Crippen LogP contribution in [0.5, 0.6) is 17.2 Å². The van der Waals surface area contributed by atoms with Crippen LogP contribution in [0.15, 0.2) is 17.1 Å². The van der Waals surface area contributed by atoms with Crippen molar-refractivity contribution in [2.45, 2.75) is 52.1 Å². The van der Waals surface area contributed by atoms with Gasteiger partial charge < -0.3 is 25.2 Å². The number of hydrogen-bond acceptors (Lipinski definition) is 4. The molecule has 2 rings (SSSR count). The molecule has 3 N–H and O–H groups in total. The van der Waals surface area contributed by atoms with Crippen molar-refractivity contribution in [2.75, 3.05) is 20.8 Å². The Balaban J connectivity index is 0.00000338. The maximum Gasteiger partial charge on any atom is 0.200 e. The number of phenols is 1. The Labute approximate surface area is 173 Å². The van der Waals surface area contributed by atoms with Crippen LogP contribution < -0.4 is 20.1 Å². The Hall–Kier alpha value is -1.38. The van der Waals surface area contributed by atoms with E-state index in [4.69, 9.17) is 9.47 Å². The van der Waals surface area contributed by atoms with Gasteiger partial charge in [-0.1, -0.05) is 6.92 Å². The first kappa shape index (κ1) is 22.7. The fourth-order valence-electron chi connectivity index (χ4n) is 3.13. The van der Waals surface area contributed by atoms with Gasteiger partial charge in [-0.25, -0.2) is 4.99 Å². The minimum atomic E-state index is 0. The highest BCUT2D eigenvalue weighted by Gasteiger charge is 2.19. The molecule has 1 fully saturated rings. The van der Waals surface area contributed by atoms with Crippen molar-refractivity contribution in [2.24, 2.45) is 10.9 Å². The summed E-state index contributed by atoms with van der Waals surface area (Å²) in [5.41, 5.74) is 0.918. The number of ether oxygens (including phenoxy) is 2. The normalized spacial score (nSPS) is 20.1. The van der Waals surface area contributed by atoms with Gasteiger partial charge >= 0.3 is 0 Å². The lowest BCUT2D eigenvalue weighted by Gasteiger charge is -2.28. The number of nitrogens with one attached hydrogen (secondary N) is 2. The van der Waals surface area contributed by atoms with Gasteiger partial charge in [0.25, 0.3) is 0 Å². The molecule has 0 heterocycles. The Morgan fingerprint density at radius 2 is 1.73 bits per heavy atom. The molecule has 0 spiro atoms. The zero-order valence-electron chi connectivity index (χ0n) is 16.2. The second kappa shape index (κ2) is 11.4. The van der Waals surface area contributed by atoms with Crippen LogP contribution in [0.1, 0.15) is 45.1 Å². The van der Waals surface area contributed by atoms with Crippen molar-refractivity contribution >= 4 is 29.9 Å². The highest BCUT2D eigenvalue weighted by atomic mass is 127. The van der Waals surface area contributed by atoms with Gasteiger partial charge in [0.1, 0.15) is 0 Å². The Kier molecular flexibility index (Phi) is 9.90. The summed E-state index contributed by atoms with van der Waals surface area (Å²) in [5.74, 6) is 2.45. The van der Waals surface area contributed by atoms with E-state index >= 15 is 0 Å². The fraction of sp³-hybridized carbons (Fsp3) is 0.632. The van der Waals surface area contributed by atoms with Gasteiger partial charge in [0.2, 0.25) is 5.75 Å². The summed E-state index contributed by atoms with van der Waals surface area (Å²) in [7, 11) is 3.05. The highest BCUT2D eigenvalue weighted by molar-refractivity contribution is 14.0. The van der Waals surface area contributed by atoms with Crippen LogP contribution in [-0.4, -0.2) is 37.9 Å². The quantitative estimate of drug-likeness (QED) is 0.331. The predicted octanol–water partition coefficient (Wildman–Crippen LogP) is 3.66. The van der Waals surface area contributed by atoms with Crippen LogP contribution in [-0.2, 0) is 6.54 Å². The minimum absolute atomic E-state index is 0.